The SMILES string of the molecule is O=C(O)C(=O)CC(=O)c1csc(S(=O)(=O)c2ccc(Cl)cc2)c1. The van der Waals surface area contributed by atoms with Crippen molar-refractivity contribution in [3.63, 3.8) is 0 Å². The van der Waals surface area contributed by atoms with Crippen LogP contribution < -0.4 is 0 Å². The molecular formula is C14H9ClO6S2. The predicted molar refractivity (Wildman–Crippen MR) is 82.8 cm³/mol. The molecule has 1 N–H and O–H groups in total. The summed E-state index contributed by atoms with van der Waals surface area (Å²) in [5.41, 5.74) is -0.0165. The van der Waals surface area contributed by atoms with Gasteiger partial charge in [-0.1, -0.05) is 11.6 Å². The first-order valence-electron chi connectivity index (χ1n) is 6.10. The van der Waals surface area contributed by atoms with E-state index in [2.05, 4.69) is 0 Å². The molecular weight excluding hydrogens is 364 g/mol. The number of benzene rings is 1. The summed E-state index contributed by atoms with van der Waals surface area (Å²) in [6, 6.07) is 6.67. The highest BCUT2D eigenvalue weighted by atomic mass is 35.5. The second-order valence-corrected chi connectivity index (χ2v) is 7.96. The Kier molecular flexibility index (Phi) is 4.98. The van der Waals surface area contributed by atoms with E-state index in [1.165, 1.54) is 29.6 Å². The van der Waals surface area contributed by atoms with Gasteiger partial charge in [-0.05, 0) is 30.3 Å². The van der Waals surface area contributed by atoms with Crippen molar-refractivity contribution in [3.8, 4) is 0 Å². The number of carboxylic acids is 1. The van der Waals surface area contributed by atoms with E-state index in [0.717, 1.165) is 17.4 Å². The molecule has 0 aliphatic carbocycles. The number of rotatable bonds is 6. The number of carboxylic acid groups (broad SMARTS) is 1. The zero-order valence-electron chi connectivity index (χ0n) is 11.4. The summed E-state index contributed by atoms with van der Waals surface area (Å²) in [4.78, 5) is 33.3. The van der Waals surface area contributed by atoms with Gasteiger partial charge in [0, 0.05) is 16.0 Å². The first-order chi connectivity index (χ1) is 10.7. The van der Waals surface area contributed by atoms with Crippen LogP contribution in [-0.4, -0.2) is 31.1 Å². The number of thiophene rings is 1. The van der Waals surface area contributed by atoms with Crippen molar-refractivity contribution in [1.82, 2.24) is 0 Å². The first-order valence-corrected chi connectivity index (χ1v) is 8.84. The van der Waals surface area contributed by atoms with E-state index >= 15 is 0 Å². The molecule has 1 heterocycles. The summed E-state index contributed by atoms with van der Waals surface area (Å²) in [5.74, 6) is -3.70. The lowest BCUT2D eigenvalue weighted by Crippen LogP contribution is -2.16. The fourth-order valence-electron chi connectivity index (χ4n) is 1.66. The third kappa shape index (κ3) is 3.84. The van der Waals surface area contributed by atoms with Crippen molar-refractivity contribution in [2.24, 2.45) is 0 Å². The van der Waals surface area contributed by atoms with Gasteiger partial charge in [-0.2, -0.15) is 0 Å². The quantitative estimate of drug-likeness (QED) is 0.474. The molecule has 0 bridgehead atoms. The first kappa shape index (κ1) is 17.3. The van der Waals surface area contributed by atoms with Gasteiger partial charge < -0.3 is 5.11 Å². The molecule has 0 spiro atoms. The maximum absolute atomic E-state index is 12.4. The summed E-state index contributed by atoms with van der Waals surface area (Å²) in [6.45, 7) is 0. The van der Waals surface area contributed by atoms with Gasteiger partial charge in [-0.3, -0.25) is 9.59 Å². The summed E-state index contributed by atoms with van der Waals surface area (Å²) >= 11 is 6.53. The van der Waals surface area contributed by atoms with Crippen molar-refractivity contribution in [2.75, 3.05) is 0 Å². The van der Waals surface area contributed by atoms with Gasteiger partial charge in [0.25, 0.3) is 0 Å². The zero-order valence-corrected chi connectivity index (χ0v) is 13.7. The Balaban J connectivity index is 2.28. The number of sulfone groups is 1. The number of aliphatic carboxylic acids is 1. The molecule has 0 atom stereocenters. The van der Waals surface area contributed by atoms with E-state index in [9.17, 15) is 22.8 Å². The van der Waals surface area contributed by atoms with Gasteiger partial charge in [0.2, 0.25) is 15.6 Å². The molecule has 0 unspecified atom stereocenters. The van der Waals surface area contributed by atoms with Crippen molar-refractivity contribution >= 4 is 50.3 Å². The summed E-state index contributed by atoms with van der Waals surface area (Å²) < 4.78 is 24.7. The van der Waals surface area contributed by atoms with Crippen LogP contribution in [0.25, 0.3) is 0 Å². The Morgan fingerprint density at radius 3 is 2.30 bits per heavy atom. The van der Waals surface area contributed by atoms with E-state index in [-0.39, 0.29) is 14.7 Å². The van der Waals surface area contributed by atoms with Crippen LogP contribution in [0.4, 0.5) is 0 Å². The van der Waals surface area contributed by atoms with Crippen LogP contribution in [0.5, 0.6) is 0 Å². The van der Waals surface area contributed by atoms with Crippen molar-refractivity contribution in [1.29, 1.82) is 0 Å². The highest BCUT2D eigenvalue weighted by molar-refractivity contribution is 7.93. The molecule has 0 fully saturated rings. The Morgan fingerprint density at radius 2 is 1.74 bits per heavy atom. The highest BCUT2D eigenvalue weighted by Crippen LogP contribution is 2.28. The molecule has 0 saturated heterocycles. The van der Waals surface area contributed by atoms with E-state index in [1.807, 2.05) is 0 Å². The molecule has 0 aliphatic heterocycles. The fourth-order valence-corrected chi connectivity index (χ4v) is 4.37. The molecule has 1 aromatic carbocycles. The molecule has 6 nitrogen and oxygen atoms in total. The summed E-state index contributed by atoms with van der Waals surface area (Å²) in [5, 5.41) is 10.1. The van der Waals surface area contributed by atoms with Gasteiger partial charge in [-0.15, -0.1) is 11.3 Å². The topological polar surface area (TPSA) is 106 Å². The molecule has 9 heteroatoms. The lowest BCUT2D eigenvalue weighted by atomic mass is 10.1. The van der Waals surface area contributed by atoms with Crippen LogP contribution in [0.3, 0.4) is 0 Å². The normalized spacial score (nSPS) is 11.2. The Hall–Kier alpha value is -2.03. The lowest BCUT2D eigenvalue weighted by molar-refractivity contribution is -0.148. The maximum Gasteiger partial charge on any atom is 0.372 e. The van der Waals surface area contributed by atoms with Crippen LogP contribution in [0, 0.1) is 0 Å². The molecule has 23 heavy (non-hydrogen) atoms. The largest absolute Gasteiger partial charge is 0.475 e. The van der Waals surface area contributed by atoms with Crippen LogP contribution in [0.2, 0.25) is 5.02 Å². The number of Topliss-reactive ketones (excluding diaryl/α,β-unsaturated/α-hetero) is 2. The van der Waals surface area contributed by atoms with Crippen LogP contribution in [-0.2, 0) is 19.4 Å². The molecule has 2 rings (SSSR count). The van der Waals surface area contributed by atoms with Crippen LogP contribution in [0.1, 0.15) is 16.8 Å². The number of hydrogen-bond donors (Lipinski definition) is 1. The summed E-state index contributed by atoms with van der Waals surface area (Å²) in [6.07, 6.45) is -0.813. The fraction of sp³-hybridized carbons (Fsp3) is 0.0714. The highest BCUT2D eigenvalue weighted by Gasteiger charge is 2.23. The van der Waals surface area contributed by atoms with Crippen LogP contribution in [0.15, 0.2) is 44.8 Å². The van der Waals surface area contributed by atoms with Gasteiger partial charge in [0.15, 0.2) is 5.78 Å². The average molecular weight is 373 g/mol. The minimum Gasteiger partial charge on any atom is -0.475 e. The molecule has 2 aromatic rings. The molecule has 0 aliphatic rings. The van der Waals surface area contributed by atoms with E-state index in [0.29, 0.717) is 5.02 Å². The van der Waals surface area contributed by atoms with E-state index < -0.39 is 33.8 Å². The predicted octanol–water partition coefficient (Wildman–Crippen LogP) is 2.46. The van der Waals surface area contributed by atoms with E-state index in [4.69, 9.17) is 16.7 Å². The minimum atomic E-state index is -3.81. The smallest absolute Gasteiger partial charge is 0.372 e. The Morgan fingerprint density at radius 1 is 1.13 bits per heavy atom. The van der Waals surface area contributed by atoms with Gasteiger partial charge in [0.1, 0.15) is 4.21 Å². The monoisotopic (exact) mass is 372 g/mol. The summed E-state index contributed by atoms with van der Waals surface area (Å²) in [7, 11) is -3.81. The molecule has 0 saturated carbocycles. The average Bonchev–Trinajstić information content (AvgIpc) is 2.98. The standard InChI is InChI=1S/C14H9ClO6S2/c15-9-1-3-10(4-2-9)23(20,21)13-5-8(7-22-13)11(16)6-12(17)14(18)19/h1-5,7H,6H2,(H,18,19). The van der Waals surface area contributed by atoms with E-state index in [1.54, 1.807) is 0 Å². The van der Waals surface area contributed by atoms with Gasteiger partial charge in [-0.25, -0.2) is 13.2 Å². The number of halogens is 1. The minimum absolute atomic E-state index is 0.0165. The molecule has 0 amide bonds. The third-order valence-electron chi connectivity index (χ3n) is 2.85. The number of carbonyl (C=O) groups is 3. The molecule has 120 valence electrons. The maximum atomic E-state index is 12.4. The third-order valence-corrected chi connectivity index (χ3v) is 6.31. The second kappa shape index (κ2) is 6.61. The van der Waals surface area contributed by atoms with Gasteiger partial charge >= 0.3 is 5.97 Å². The van der Waals surface area contributed by atoms with Gasteiger partial charge in [0.05, 0.1) is 11.3 Å². The Bertz CT molecular complexity index is 880. The lowest BCUT2D eigenvalue weighted by Gasteiger charge is -2.01. The van der Waals surface area contributed by atoms with Crippen LogP contribution >= 0.6 is 22.9 Å². The zero-order chi connectivity index (χ0) is 17.2. The van der Waals surface area contributed by atoms with Crippen molar-refractivity contribution < 1.29 is 27.9 Å². The molecule has 0 radical (unpaired) electrons. The number of hydrogen-bond acceptors (Lipinski definition) is 6. The Labute approximate surface area is 140 Å². The van der Waals surface area contributed by atoms with Crippen molar-refractivity contribution in [3.05, 3.63) is 46.3 Å². The number of carbonyl (C=O) groups excluding carboxylic acids is 2. The second-order valence-electron chi connectivity index (χ2n) is 4.44. The number of ketones is 2. The molecule has 1 aromatic heterocycles. The van der Waals surface area contributed by atoms with Crippen molar-refractivity contribution in [2.45, 2.75) is 15.5 Å².